The fourth-order valence-electron chi connectivity index (χ4n) is 2.75. The van der Waals surface area contributed by atoms with Crippen LogP contribution in [0.25, 0.3) is 11.0 Å². The van der Waals surface area contributed by atoms with Gasteiger partial charge in [-0.15, -0.1) is 0 Å². The molecule has 134 valence electrons. The van der Waals surface area contributed by atoms with Gasteiger partial charge in [0.2, 0.25) is 0 Å². The first-order valence-electron chi connectivity index (χ1n) is 8.50. The Morgan fingerprint density at radius 3 is 2.73 bits per heavy atom. The van der Waals surface area contributed by atoms with E-state index in [2.05, 4.69) is 15.3 Å². The predicted octanol–water partition coefficient (Wildman–Crippen LogP) is 3.75. The largest absolute Gasteiger partial charge is 0.449 e. The molecular formula is C20H21N3O3. The maximum Gasteiger partial charge on any atom is 0.338 e. The van der Waals surface area contributed by atoms with E-state index in [0.717, 1.165) is 22.2 Å². The van der Waals surface area contributed by atoms with E-state index in [1.165, 1.54) is 0 Å². The van der Waals surface area contributed by atoms with Gasteiger partial charge in [-0.25, -0.2) is 9.78 Å². The van der Waals surface area contributed by atoms with Crippen LogP contribution in [0, 0.1) is 13.8 Å². The normalized spacial score (nSPS) is 12.0. The van der Waals surface area contributed by atoms with Crippen LogP contribution in [-0.2, 0) is 9.53 Å². The summed E-state index contributed by atoms with van der Waals surface area (Å²) in [6.07, 6.45) is 1.08. The number of esters is 1. The highest BCUT2D eigenvalue weighted by Crippen LogP contribution is 2.18. The van der Waals surface area contributed by atoms with E-state index in [9.17, 15) is 9.59 Å². The number of H-pyrrole nitrogens is 1. The summed E-state index contributed by atoms with van der Waals surface area (Å²) in [5, 5.41) is 2.84. The van der Waals surface area contributed by atoms with Crippen LogP contribution in [0.3, 0.4) is 0 Å². The number of imidazole rings is 1. The molecule has 1 heterocycles. The predicted molar refractivity (Wildman–Crippen MR) is 100 cm³/mol. The SMILES string of the molecule is CCC(OC(=O)c1ccc2nc[nH]c2c1)C(=O)Nc1ccc(C)cc1C. The number of nitrogens with zero attached hydrogens (tertiary/aromatic N) is 1. The number of amides is 1. The number of aromatic amines is 1. The molecular weight excluding hydrogens is 330 g/mol. The average molecular weight is 351 g/mol. The smallest absolute Gasteiger partial charge is 0.338 e. The van der Waals surface area contributed by atoms with Gasteiger partial charge in [-0.3, -0.25) is 4.79 Å². The van der Waals surface area contributed by atoms with Crippen LogP contribution in [0.1, 0.15) is 34.8 Å². The van der Waals surface area contributed by atoms with Crippen LogP contribution in [0.5, 0.6) is 0 Å². The quantitative estimate of drug-likeness (QED) is 0.686. The second kappa shape index (κ2) is 7.39. The number of nitrogens with one attached hydrogen (secondary N) is 2. The van der Waals surface area contributed by atoms with E-state index >= 15 is 0 Å². The van der Waals surface area contributed by atoms with Gasteiger partial charge in [0.1, 0.15) is 0 Å². The minimum absolute atomic E-state index is 0.338. The van der Waals surface area contributed by atoms with Crippen LogP contribution in [-0.4, -0.2) is 27.9 Å². The molecule has 1 atom stereocenters. The van der Waals surface area contributed by atoms with Crippen molar-refractivity contribution >= 4 is 28.6 Å². The Hall–Kier alpha value is -3.15. The number of ether oxygens (including phenoxy) is 1. The third-order valence-corrected chi connectivity index (χ3v) is 4.21. The molecule has 3 rings (SSSR count). The van der Waals surface area contributed by atoms with Crippen molar-refractivity contribution in [2.75, 3.05) is 5.32 Å². The maximum absolute atomic E-state index is 12.5. The fraction of sp³-hybridized carbons (Fsp3) is 0.250. The number of carbonyl (C=O) groups excluding carboxylic acids is 2. The van der Waals surface area contributed by atoms with E-state index < -0.39 is 12.1 Å². The van der Waals surface area contributed by atoms with E-state index in [-0.39, 0.29) is 5.91 Å². The molecule has 0 bridgehead atoms. The Morgan fingerprint density at radius 1 is 1.19 bits per heavy atom. The Morgan fingerprint density at radius 2 is 2.00 bits per heavy atom. The van der Waals surface area contributed by atoms with E-state index in [0.29, 0.717) is 17.7 Å². The van der Waals surface area contributed by atoms with Gasteiger partial charge < -0.3 is 15.0 Å². The van der Waals surface area contributed by atoms with Crippen LogP contribution < -0.4 is 5.32 Å². The minimum atomic E-state index is -0.860. The molecule has 0 aliphatic rings. The lowest BCUT2D eigenvalue weighted by Crippen LogP contribution is -2.32. The van der Waals surface area contributed by atoms with E-state index in [1.54, 1.807) is 31.5 Å². The topological polar surface area (TPSA) is 84.1 Å². The number of fused-ring (bicyclic) bond motifs is 1. The summed E-state index contributed by atoms with van der Waals surface area (Å²) in [7, 11) is 0. The van der Waals surface area contributed by atoms with Gasteiger partial charge in [0.05, 0.1) is 22.9 Å². The van der Waals surface area contributed by atoms with Crippen LogP contribution >= 0.6 is 0 Å². The van der Waals surface area contributed by atoms with Crippen molar-refractivity contribution < 1.29 is 14.3 Å². The molecule has 1 unspecified atom stereocenters. The first-order valence-corrected chi connectivity index (χ1v) is 8.50. The second-order valence-electron chi connectivity index (χ2n) is 6.24. The monoisotopic (exact) mass is 351 g/mol. The van der Waals surface area contributed by atoms with Crippen molar-refractivity contribution in [2.24, 2.45) is 0 Å². The number of aromatic nitrogens is 2. The Kier molecular flexibility index (Phi) is 5.02. The van der Waals surface area contributed by atoms with Gasteiger partial charge in [-0.05, 0) is 50.1 Å². The van der Waals surface area contributed by atoms with Gasteiger partial charge in [-0.1, -0.05) is 24.6 Å². The lowest BCUT2D eigenvalue weighted by molar-refractivity contribution is -0.124. The van der Waals surface area contributed by atoms with Crippen molar-refractivity contribution in [3.8, 4) is 0 Å². The summed E-state index contributed by atoms with van der Waals surface area (Å²) in [5.74, 6) is -0.875. The molecule has 0 spiro atoms. The highest BCUT2D eigenvalue weighted by Gasteiger charge is 2.22. The van der Waals surface area contributed by atoms with Crippen LogP contribution in [0.15, 0.2) is 42.7 Å². The number of anilines is 1. The molecule has 1 amide bonds. The number of benzene rings is 2. The Labute approximate surface area is 151 Å². The molecule has 0 radical (unpaired) electrons. The highest BCUT2D eigenvalue weighted by molar-refractivity contribution is 5.99. The summed E-state index contributed by atoms with van der Waals surface area (Å²) in [6.45, 7) is 5.72. The third kappa shape index (κ3) is 3.74. The van der Waals surface area contributed by atoms with Crippen molar-refractivity contribution in [3.05, 3.63) is 59.4 Å². The molecule has 0 saturated heterocycles. The standard InChI is InChI=1S/C20H21N3O3/c1-4-18(19(24)23-15-7-5-12(2)9-13(15)3)26-20(25)14-6-8-16-17(10-14)22-11-21-16/h5-11,18H,4H2,1-3H3,(H,21,22)(H,23,24). The molecule has 0 saturated carbocycles. The molecule has 2 aromatic carbocycles. The summed E-state index contributed by atoms with van der Waals surface area (Å²) in [4.78, 5) is 32.0. The Bertz CT molecular complexity index is 962. The number of rotatable bonds is 5. The lowest BCUT2D eigenvalue weighted by atomic mass is 10.1. The van der Waals surface area contributed by atoms with Crippen molar-refractivity contribution in [1.82, 2.24) is 9.97 Å². The molecule has 0 aliphatic heterocycles. The van der Waals surface area contributed by atoms with Crippen molar-refractivity contribution in [1.29, 1.82) is 0 Å². The molecule has 3 aromatic rings. The van der Waals surface area contributed by atoms with Crippen LogP contribution in [0.4, 0.5) is 5.69 Å². The zero-order valence-electron chi connectivity index (χ0n) is 15.0. The third-order valence-electron chi connectivity index (χ3n) is 4.21. The minimum Gasteiger partial charge on any atom is -0.449 e. The van der Waals surface area contributed by atoms with Gasteiger partial charge in [0, 0.05) is 5.69 Å². The number of carbonyl (C=O) groups is 2. The molecule has 6 nitrogen and oxygen atoms in total. The average Bonchev–Trinajstić information content (AvgIpc) is 3.09. The summed E-state index contributed by atoms with van der Waals surface area (Å²) >= 11 is 0. The van der Waals surface area contributed by atoms with Crippen molar-refractivity contribution in [3.63, 3.8) is 0 Å². The first kappa shape index (κ1) is 17.7. The highest BCUT2D eigenvalue weighted by atomic mass is 16.5. The molecule has 26 heavy (non-hydrogen) atoms. The van der Waals surface area contributed by atoms with Crippen LogP contribution in [0.2, 0.25) is 0 Å². The second-order valence-corrected chi connectivity index (χ2v) is 6.24. The van der Waals surface area contributed by atoms with Gasteiger partial charge in [0.15, 0.2) is 6.10 Å². The molecule has 0 aliphatic carbocycles. The number of hydrogen-bond acceptors (Lipinski definition) is 4. The van der Waals surface area contributed by atoms with Crippen molar-refractivity contribution in [2.45, 2.75) is 33.3 Å². The fourth-order valence-corrected chi connectivity index (χ4v) is 2.75. The van der Waals surface area contributed by atoms with Gasteiger partial charge in [-0.2, -0.15) is 0 Å². The first-order chi connectivity index (χ1) is 12.5. The van der Waals surface area contributed by atoms with E-state index in [4.69, 9.17) is 4.74 Å². The van der Waals surface area contributed by atoms with E-state index in [1.807, 2.05) is 32.0 Å². The zero-order valence-corrected chi connectivity index (χ0v) is 15.0. The number of hydrogen-bond donors (Lipinski definition) is 2. The van der Waals surface area contributed by atoms with Gasteiger partial charge in [0.25, 0.3) is 5.91 Å². The molecule has 0 fully saturated rings. The summed E-state index contributed by atoms with van der Waals surface area (Å²) < 4.78 is 5.42. The number of aryl methyl sites for hydroxylation is 2. The maximum atomic E-state index is 12.5. The van der Waals surface area contributed by atoms with Gasteiger partial charge >= 0.3 is 5.97 Å². The molecule has 1 aromatic heterocycles. The zero-order chi connectivity index (χ0) is 18.7. The summed E-state index contributed by atoms with van der Waals surface area (Å²) in [6, 6.07) is 10.8. The molecule has 2 N–H and O–H groups in total. The molecule has 6 heteroatoms. The Balaban J connectivity index is 1.71. The lowest BCUT2D eigenvalue weighted by Gasteiger charge is -2.17. The summed E-state index contributed by atoms with van der Waals surface area (Å²) in [5.41, 5.74) is 4.68.